The lowest BCUT2D eigenvalue weighted by Gasteiger charge is -2.38. The van der Waals surface area contributed by atoms with Crippen molar-refractivity contribution in [2.24, 2.45) is 0 Å². The Balaban J connectivity index is 1.35. The molecule has 4 heterocycles. The Bertz CT molecular complexity index is 1800. The fourth-order valence-electron chi connectivity index (χ4n) is 7.14. The normalized spacial score (nSPS) is 19.0. The Labute approximate surface area is 250 Å². The molecule has 0 saturated carbocycles. The number of piperidine rings is 1. The van der Waals surface area contributed by atoms with Gasteiger partial charge in [0.2, 0.25) is 5.43 Å². The maximum absolute atomic E-state index is 16.2. The number of hydrogen-bond donors (Lipinski definition) is 1. The molecule has 3 aliphatic rings. The summed E-state index contributed by atoms with van der Waals surface area (Å²) in [7, 11) is 6.11. The number of carbonyl (C=O) groups excluding carboxylic acids is 1. The summed E-state index contributed by atoms with van der Waals surface area (Å²) in [5.41, 5.74) is 1.02. The Kier molecular flexibility index (Phi) is 7.10. The molecule has 4 aromatic rings. The number of ether oxygens (including phenoxy) is 1. The van der Waals surface area contributed by atoms with Crippen LogP contribution in [0.15, 0.2) is 53.5 Å². The van der Waals surface area contributed by atoms with Crippen molar-refractivity contribution in [3.05, 3.63) is 70.3 Å². The van der Waals surface area contributed by atoms with Crippen LogP contribution in [0.4, 0.5) is 10.1 Å². The maximum Gasteiger partial charge on any atom is 0.256 e. The number of likely N-dealkylation sites (tertiary alicyclic amines) is 2. The highest BCUT2D eigenvalue weighted by Crippen LogP contribution is 2.48. The fourth-order valence-corrected chi connectivity index (χ4v) is 7.14. The van der Waals surface area contributed by atoms with Crippen molar-refractivity contribution in [2.45, 2.75) is 44.2 Å². The van der Waals surface area contributed by atoms with Crippen LogP contribution < -0.4 is 20.4 Å². The van der Waals surface area contributed by atoms with Crippen LogP contribution in [-0.2, 0) is 0 Å². The summed E-state index contributed by atoms with van der Waals surface area (Å²) in [6, 6.07) is 13.7. The molecule has 8 nitrogen and oxygen atoms in total. The van der Waals surface area contributed by atoms with Gasteiger partial charge in [-0.05, 0) is 94.8 Å². The van der Waals surface area contributed by atoms with Crippen LogP contribution >= 0.6 is 0 Å². The Morgan fingerprint density at radius 2 is 1.81 bits per heavy atom. The molecule has 1 N–H and O–H groups in total. The molecule has 0 aliphatic carbocycles. The summed E-state index contributed by atoms with van der Waals surface area (Å²) in [4.78, 5) is 33.9. The van der Waals surface area contributed by atoms with E-state index in [0.29, 0.717) is 41.0 Å². The number of fused-ring (bicyclic) bond motifs is 3. The van der Waals surface area contributed by atoms with E-state index in [1.807, 2.05) is 52.9 Å². The average molecular weight is 584 g/mol. The minimum atomic E-state index is -0.529. The fraction of sp³-hybridized carbons (Fsp3) is 0.412. The smallest absolute Gasteiger partial charge is 0.256 e. The number of anilines is 1. The second kappa shape index (κ2) is 11.0. The van der Waals surface area contributed by atoms with Gasteiger partial charge < -0.3 is 29.3 Å². The number of nitrogens with one attached hydrogen (secondary N) is 1. The van der Waals surface area contributed by atoms with Crippen molar-refractivity contribution in [2.75, 3.05) is 52.2 Å². The molecule has 7 rings (SSSR count). The van der Waals surface area contributed by atoms with E-state index in [-0.39, 0.29) is 17.0 Å². The summed E-state index contributed by atoms with van der Waals surface area (Å²) >= 11 is 0. The molecule has 1 amide bonds. The number of aromatic nitrogens is 1. The molecular weight excluding hydrogens is 545 g/mol. The Morgan fingerprint density at radius 1 is 1.07 bits per heavy atom. The van der Waals surface area contributed by atoms with E-state index in [1.165, 1.54) is 6.07 Å². The number of pyridine rings is 1. The van der Waals surface area contributed by atoms with Gasteiger partial charge in [-0.25, -0.2) is 4.39 Å². The van der Waals surface area contributed by atoms with E-state index in [0.717, 1.165) is 62.5 Å². The predicted molar refractivity (Wildman–Crippen MR) is 169 cm³/mol. The van der Waals surface area contributed by atoms with Gasteiger partial charge in [0.25, 0.3) is 5.91 Å². The van der Waals surface area contributed by atoms with Gasteiger partial charge in [-0.1, -0.05) is 24.3 Å². The number of halogens is 1. The molecule has 3 aliphatic heterocycles. The van der Waals surface area contributed by atoms with Gasteiger partial charge >= 0.3 is 0 Å². The van der Waals surface area contributed by atoms with Crippen molar-refractivity contribution >= 4 is 33.3 Å². The zero-order valence-electron chi connectivity index (χ0n) is 25.0. The summed E-state index contributed by atoms with van der Waals surface area (Å²) in [5.74, 6) is -0.110. The predicted octanol–water partition coefficient (Wildman–Crippen LogP) is 5.13. The molecule has 2 saturated heterocycles. The lowest BCUT2D eigenvalue weighted by Crippen LogP contribution is -2.42. The highest BCUT2D eigenvalue weighted by Gasteiger charge is 2.33. The molecule has 1 atom stereocenters. The van der Waals surface area contributed by atoms with Crippen LogP contribution in [0.3, 0.4) is 0 Å². The summed E-state index contributed by atoms with van der Waals surface area (Å²) in [5, 5.41) is 5.08. The second-order valence-electron chi connectivity index (χ2n) is 12.4. The minimum Gasteiger partial charge on any atom is -0.451 e. The second-order valence-corrected chi connectivity index (χ2v) is 12.4. The van der Waals surface area contributed by atoms with Gasteiger partial charge in [0.15, 0.2) is 17.3 Å². The average Bonchev–Trinajstić information content (AvgIpc) is 3.41. The Hall–Kier alpha value is -3.95. The van der Waals surface area contributed by atoms with Crippen LogP contribution in [0.5, 0.6) is 11.5 Å². The molecule has 3 aromatic carbocycles. The third-order valence-electron chi connectivity index (χ3n) is 9.74. The van der Waals surface area contributed by atoms with Crippen molar-refractivity contribution in [3.63, 3.8) is 0 Å². The minimum absolute atomic E-state index is 0.00458. The molecule has 0 spiro atoms. The highest BCUT2D eigenvalue weighted by molar-refractivity contribution is 6.02. The number of nitrogens with zero attached hydrogens (tertiary/aromatic N) is 4. The highest BCUT2D eigenvalue weighted by atomic mass is 19.1. The topological polar surface area (TPSA) is 70.1 Å². The molecule has 43 heavy (non-hydrogen) atoms. The largest absolute Gasteiger partial charge is 0.451 e. The first kappa shape index (κ1) is 27.9. The zero-order valence-corrected chi connectivity index (χ0v) is 25.0. The quantitative estimate of drug-likeness (QED) is 0.299. The monoisotopic (exact) mass is 583 g/mol. The molecule has 2 fully saturated rings. The van der Waals surface area contributed by atoms with E-state index >= 15 is 4.39 Å². The first-order chi connectivity index (χ1) is 20.8. The van der Waals surface area contributed by atoms with Crippen LogP contribution in [0.2, 0.25) is 0 Å². The molecule has 0 bridgehead atoms. The van der Waals surface area contributed by atoms with E-state index in [1.54, 1.807) is 6.20 Å². The van der Waals surface area contributed by atoms with Crippen molar-refractivity contribution < 1.29 is 13.9 Å². The van der Waals surface area contributed by atoms with Crippen LogP contribution in [0.1, 0.15) is 42.5 Å². The molecule has 1 unspecified atom stereocenters. The molecule has 224 valence electrons. The number of benzene rings is 3. The van der Waals surface area contributed by atoms with Crippen molar-refractivity contribution in [1.82, 2.24) is 19.7 Å². The summed E-state index contributed by atoms with van der Waals surface area (Å²) < 4.78 is 24.6. The number of amides is 1. The van der Waals surface area contributed by atoms with E-state index in [9.17, 15) is 9.59 Å². The molecular formula is C34H38FN5O3. The molecule has 9 heteroatoms. The van der Waals surface area contributed by atoms with Gasteiger partial charge in [0.1, 0.15) is 16.8 Å². The zero-order chi connectivity index (χ0) is 29.8. The van der Waals surface area contributed by atoms with Gasteiger partial charge in [0, 0.05) is 31.9 Å². The van der Waals surface area contributed by atoms with Gasteiger partial charge in [-0.15, -0.1) is 0 Å². The number of carbonyl (C=O) groups is 1. The first-order valence-electron chi connectivity index (χ1n) is 15.3. The first-order valence-corrected chi connectivity index (χ1v) is 15.3. The Morgan fingerprint density at radius 3 is 2.53 bits per heavy atom. The third kappa shape index (κ3) is 4.84. The third-order valence-corrected chi connectivity index (χ3v) is 9.74. The van der Waals surface area contributed by atoms with Crippen LogP contribution in [0, 0.1) is 5.82 Å². The van der Waals surface area contributed by atoms with E-state index in [4.69, 9.17) is 4.74 Å². The molecule has 0 radical (unpaired) electrons. The van der Waals surface area contributed by atoms with E-state index < -0.39 is 17.2 Å². The summed E-state index contributed by atoms with van der Waals surface area (Å²) in [6.07, 6.45) is 6.48. The van der Waals surface area contributed by atoms with Gasteiger partial charge in [-0.2, -0.15) is 0 Å². The van der Waals surface area contributed by atoms with E-state index in [2.05, 4.69) is 29.2 Å². The SMILES string of the molecule is CN1CCC(N(C)c2c(F)cc3c(=O)c(C(=O)NCCC4CCCN4C)cn4c3c2Oc2cc3ccccc3cc2-4)CC1. The standard InChI is InChI=1S/C34H38FN5O3/c1-37-15-11-24(12-16-37)39(3)31-27(35)19-25-30-33(31)43-29-18-22-8-5-4-7-21(22)17-28(29)40(30)20-26(32(25)41)34(42)36-13-10-23-9-6-14-38(23)2/h4-5,7-8,17-20,23-24H,6,9-16H2,1-3H3,(H,36,42). The summed E-state index contributed by atoms with van der Waals surface area (Å²) in [6.45, 7) is 3.38. The molecule has 1 aromatic heterocycles. The number of rotatable bonds is 6. The van der Waals surface area contributed by atoms with Crippen LogP contribution in [-0.4, -0.2) is 79.7 Å². The van der Waals surface area contributed by atoms with Crippen molar-refractivity contribution in [3.8, 4) is 17.2 Å². The van der Waals surface area contributed by atoms with Crippen LogP contribution in [0.25, 0.3) is 27.4 Å². The van der Waals surface area contributed by atoms with Gasteiger partial charge in [-0.3, -0.25) is 9.59 Å². The maximum atomic E-state index is 16.2. The lowest BCUT2D eigenvalue weighted by atomic mass is 10.0. The number of hydrogen-bond acceptors (Lipinski definition) is 6. The van der Waals surface area contributed by atoms with Crippen molar-refractivity contribution in [1.29, 1.82) is 0 Å². The van der Waals surface area contributed by atoms with Gasteiger partial charge in [0.05, 0.1) is 11.1 Å². The lowest BCUT2D eigenvalue weighted by molar-refractivity contribution is 0.0949.